The average Bonchev–Trinajstić information content (AvgIpc) is 3.07. The summed E-state index contributed by atoms with van der Waals surface area (Å²) in [7, 11) is 0. The van der Waals surface area contributed by atoms with Crippen LogP contribution in [0.4, 0.5) is 5.69 Å². The lowest BCUT2D eigenvalue weighted by atomic mass is 10.1. The van der Waals surface area contributed by atoms with Gasteiger partial charge in [0.1, 0.15) is 10.6 Å². The largest absolute Gasteiger partial charge is 0.478 e. The van der Waals surface area contributed by atoms with Crippen LogP contribution in [-0.2, 0) is 0 Å². The van der Waals surface area contributed by atoms with Crippen LogP contribution in [0.3, 0.4) is 0 Å². The predicted molar refractivity (Wildman–Crippen MR) is 65.4 cm³/mol. The molecule has 0 bridgehead atoms. The Morgan fingerprint density at radius 2 is 2.24 bits per heavy atom. The molecule has 1 aliphatic carbocycles. The van der Waals surface area contributed by atoms with Crippen LogP contribution in [0.1, 0.15) is 18.4 Å². The molecule has 1 heterocycles. The second-order valence-corrected chi connectivity index (χ2v) is 4.79. The topological polar surface area (TPSA) is 64.4 Å². The first-order chi connectivity index (χ1) is 8.11. The summed E-state index contributed by atoms with van der Waals surface area (Å²) in [4.78, 5) is 11.1. The zero-order valence-electron chi connectivity index (χ0n) is 8.93. The van der Waals surface area contributed by atoms with Crippen LogP contribution in [0.15, 0.2) is 18.2 Å². The zero-order chi connectivity index (χ0) is 12.0. The predicted octanol–water partition coefficient (Wildman–Crippen LogP) is 1.78. The van der Waals surface area contributed by atoms with Crippen LogP contribution in [0, 0.1) is 10.1 Å². The third-order valence-electron chi connectivity index (χ3n) is 3.13. The molecule has 88 valence electrons. The first kappa shape index (κ1) is 10.5. The molecule has 0 radical (unpaired) electrons. The number of para-hydroxylation sites is 1. The summed E-state index contributed by atoms with van der Waals surface area (Å²) in [5, 5.41) is 14.1. The number of ether oxygens (including phenoxy) is 1. The standard InChI is InChI=1S/C11H10N2O3S/c14-13(15)8-3-1-2-7-9(8)16-11(4-5-11)6-12-10(7)17/h1-3H,4-6H2,(H,12,17). The molecule has 1 saturated carbocycles. The average molecular weight is 250 g/mol. The maximum atomic E-state index is 11.0. The van der Waals surface area contributed by atoms with E-state index in [2.05, 4.69) is 5.32 Å². The van der Waals surface area contributed by atoms with Crippen molar-refractivity contribution in [1.29, 1.82) is 0 Å². The summed E-state index contributed by atoms with van der Waals surface area (Å²) in [5.41, 5.74) is 0.305. The molecule has 0 saturated heterocycles. The lowest BCUT2D eigenvalue weighted by molar-refractivity contribution is -0.386. The molecule has 0 amide bonds. The molecular formula is C11H10N2O3S. The van der Waals surface area contributed by atoms with E-state index in [1.807, 2.05) is 0 Å². The van der Waals surface area contributed by atoms with Crippen molar-refractivity contribution in [1.82, 2.24) is 5.32 Å². The summed E-state index contributed by atoms with van der Waals surface area (Å²) < 4.78 is 5.83. The fourth-order valence-corrected chi connectivity index (χ4v) is 2.20. The maximum absolute atomic E-state index is 11.0. The minimum Gasteiger partial charge on any atom is -0.478 e. The van der Waals surface area contributed by atoms with Gasteiger partial charge in [-0.05, 0) is 18.9 Å². The van der Waals surface area contributed by atoms with Gasteiger partial charge in [-0.3, -0.25) is 10.1 Å². The SMILES string of the molecule is O=[N+]([O-])c1cccc2c1OC1(CC1)CNC2=S. The second kappa shape index (κ2) is 3.40. The van der Waals surface area contributed by atoms with E-state index in [-0.39, 0.29) is 11.3 Å². The molecule has 3 rings (SSSR count). The van der Waals surface area contributed by atoms with Crippen LogP contribution in [0.2, 0.25) is 0 Å². The van der Waals surface area contributed by atoms with Crippen molar-refractivity contribution in [3.63, 3.8) is 0 Å². The smallest absolute Gasteiger partial charge is 0.311 e. The lowest BCUT2D eigenvalue weighted by Gasteiger charge is -2.14. The van der Waals surface area contributed by atoms with E-state index in [1.54, 1.807) is 12.1 Å². The number of nitro benzene ring substituents is 1. The van der Waals surface area contributed by atoms with Crippen molar-refractivity contribution in [2.45, 2.75) is 18.4 Å². The van der Waals surface area contributed by atoms with E-state index in [4.69, 9.17) is 17.0 Å². The van der Waals surface area contributed by atoms with E-state index >= 15 is 0 Å². The molecule has 1 aromatic carbocycles. The van der Waals surface area contributed by atoms with Gasteiger partial charge in [0.2, 0.25) is 5.75 Å². The minimum atomic E-state index is -0.428. The fraction of sp³-hybridized carbons (Fsp3) is 0.364. The highest BCUT2D eigenvalue weighted by molar-refractivity contribution is 7.80. The molecular weight excluding hydrogens is 240 g/mol. The van der Waals surface area contributed by atoms with Gasteiger partial charge < -0.3 is 10.1 Å². The Morgan fingerprint density at radius 3 is 2.88 bits per heavy atom. The molecule has 1 aromatic rings. The Morgan fingerprint density at radius 1 is 1.47 bits per heavy atom. The third-order valence-corrected chi connectivity index (χ3v) is 3.50. The van der Waals surface area contributed by atoms with Gasteiger partial charge in [-0.2, -0.15) is 0 Å². The summed E-state index contributed by atoms with van der Waals surface area (Å²) >= 11 is 5.21. The van der Waals surface area contributed by atoms with Crippen molar-refractivity contribution >= 4 is 22.9 Å². The van der Waals surface area contributed by atoms with Crippen LogP contribution in [0.5, 0.6) is 5.75 Å². The third kappa shape index (κ3) is 1.64. The van der Waals surface area contributed by atoms with E-state index < -0.39 is 4.92 Å². The Labute approximate surface area is 103 Å². The number of fused-ring (bicyclic) bond motifs is 1. The highest BCUT2D eigenvalue weighted by Crippen LogP contribution is 2.45. The first-order valence-corrected chi connectivity index (χ1v) is 5.77. The normalized spacial score (nSPS) is 19.9. The van der Waals surface area contributed by atoms with Crippen LogP contribution in [0.25, 0.3) is 0 Å². The molecule has 1 fully saturated rings. The lowest BCUT2D eigenvalue weighted by Crippen LogP contribution is -2.32. The van der Waals surface area contributed by atoms with Crippen LogP contribution in [-0.4, -0.2) is 22.1 Å². The minimum absolute atomic E-state index is 0.0141. The maximum Gasteiger partial charge on any atom is 0.311 e. The molecule has 0 atom stereocenters. The number of thiocarbonyl (C=S) groups is 1. The van der Waals surface area contributed by atoms with Crippen molar-refractivity contribution < 1.29 is 9.66 Å². The van der Waals surface area contributed by atoms with Gasteiger partial charge in [0.15, 0.2) is 0 Å². The van der Waals surface area contributed by atoms with Crippen LogP contribution < -0.4 is 10.1 Å². The monoisotopic (exact) mass is 250 g/mol. The van der Waals surface area contributed by atoms with Gasteiger partial charge >= 0.3 is 5.69 Å². The fourth-order valence-electron chi connectivity index (χ4n) is 1.96. The summed E-state index contributed by atoms with van der Waals surface area (Å²) in [6.07, 6.45) is 1.82. The van der Waals surface area contributed by atoms with E-state index in [1.165, 1.54) is 6.07 Å². The van der Waals surface area contributed by atoms with Crippen molar-refractivity contribution in [2.24, 2.45) is 0 Å². The van der Waals surface area contributed by atoms with Gasteiger partial charge in [-0.15, -0.1) is 0 Å². The van der Waals surface area contributed by atoms with Crippen molar-refractivity contribution in [3.05, 3.63) is 33.9 Å². The number of hydrogen-bond donors (Lipinski definition) is 1. The molecule has 17 heavy (non-hydrogen) atoms. The van der Waals surface area contributed by atoms with Crippen molar-refractivity contribution in [3.8, 4) is 5.75 Å². The highest BCUT2D eigenvalue weighted by atomic mass is 32.1. The second-order valence-electron chi connectivity index (χ2n) is 4.38. The Hall–Kier alpha value is -1.69. The molecule has 1 spiro atoms. The van der Waals surface area contributed by atoms with Gasteiger partial charge in [0, 0.05) is 6.07 Å². The van der Waals surface area contributed by atoms with E-state index in [0.29, 0.717) is 22.8 Å². The van der Waals surface area contributed by atoms with Gasteiger partial charge in [-0.1, -0.05) is 18.3 Å². The molecule has 0 aromatic heterocycles. The molecule has 2 aliphatic rings. The summed E-state index contributed by atoms with van der Waals surface area (Å²) in [6, 6.07) is 4.82. The number of nitrogens with one attached hydrogen (secondary N) is 1. The number of rotatable bonds is 1. The number of benzene rings is 1. The molecule has 0 unspecified atom stereocenters. The summed E-state index contributed by atoms with van der Waals surface area (Å²) in [5.74, 6) is 0.310. The number of hydrogen-bond acceptors (Lipinski definition) is 4. The number of nitro groups is 1. The first-order valence-electron chi connectivity index (χ1n) is 5.36. The zero-order valence-corrected chi connectivity index (χ0v) is 9.75. The van der Waals surface area contributed by atoms with Gasteiger partial charge in [-0.25, -0.2) is 0 Å². The van der Waals surface area contributed by atoms with E-state index in [9.17, 15) is 10.1 Å². The molecule has 5 nitrogen and oxygen atoms in total. The van der Waals surface area contributed by atoms with Gasteiger partial charge in [0.05, 0.1) is 17.0 Å². The van der Waals surface area contributed by atoms with E-state index in [0.717, 1.165) is 12.8 Å². The van der Waals surface area contributed by atoms with Crippen LogP contribution >= 0.6 is 12.2 Å². The molecule has 6 heteroatoms. The summed E-state index contributed by atoms with van der Waals surface area (Å²) in [6.45, 7) is 0.623. The Kier molecular flexibility index (Phi) is 2.09. The Balaban J connectivity index is 2.15. The Bertz CT molecular complexity index is 525. The quantitative estimate of drug-likeness (QED) is 0.467. The molecule has 1 aliphatic heterocycles. The highest BCUT2D eigenvalue weighted by Gasteiger charge is 2.48. The number of nitrogens with zero attached hydrogens (tertiary/aromatic N) is 1. The van der Waals surface area contributed by atoms with Crippen molar-refractivity contribution in [2.75, 3.05) is 6.54 Å². The molecule has 1 N–H and O–H groups in total. The van der Waals surface area contributed by atoms with Gasteiger partial charge in [0.25, 0.3) is 0 Å².